The molecule has 2 heterocycles. The topological polar surface area (TPSA) is 23.5 Å². The van der Waals surface area contributed by atoms with Crippen molar-refractivity contribution >= 4 is 11.3 Å². The number of rotatable bonds is 2. The number of piperidine rings is 1. The average molecular weight is 211 g/mol. The van der Waals surface area contributed by atoms with Crippen LogP contribution in [0.1, 0.15) is 18.4 Å². The van der Waals surface area contributed by atoms with E-state index in [1.54, 1.807) is 11.3 Å². The maximum absolute atomic E-state index is 10.3. The first kappa shape index (κ1) is 10.1. The van der Waals surface area contributed by atoms with Gasteiger partial charge in [0.2, 0.25) is 0 Å². The van der Waals surface area contributed by atoms with Crippen LogP contribution >= 0.6 is 11.3 Å². The summed E-state index contributed by atoms with van der Waals surface area (Å²) in [5.74, 6) is 0. The van der Waals surface area contributed by atoms with Gasteiger partial charge in [0.1, 0.15) is 0 Å². The first-order chi connectivity index (χ1) is 6.68. The van der Waals surface area contributed by atoms with Crippen LogP contribution in [0, 0.1) is 0 Å². The van der Waals surface area contributed by atoms with Gasteiger partial charge >= 0.3 is 0 Å². The minimum absolute atomic E-state index is 0.451. The summed E-state index contributed by atoms with van der Waals surface area (Å²) < 4.78 is 0. The van der Waals surface area contributed by atoms with Gasteiger partial charge in [-0.1, -0.05) is 0 Å². The molecule has 1 aliphatic heterocycles. The lowest BCUT2D eigenvalue weighted by Gasteiger charge is -2.36. The molecule has 14 heavy (non-hydrogen) atoms. The predicted octanol–water partition coefficient (Wildman–Crippen LogP) is 1.75. The lowest BCUT2D eigenvalue weighted by Crippen LogP contribution is -2.44. The molecule has 1 N–H and O–H groups in total. The molecule has 3 heteroatoms. The Kier molecular flexibility index (Phi) is 2.91. The van der Waals surface area contributed by atoms with E-state index in [4.69, 9.17) is 0 Å². The molecular formula is C11H17NOS. The SMILES string of the molecule is CN1CCC(O)(Cc2ccsc2)CC1. The minimum Gasteiger partial charge on any atom is -0.389 e. The summed E-state index contributed by atoms with van der Waals surface area (Å²) >= 11 is 1.71. The third-order valence-corrected chi connectivity index (χ3v) is 3.76. The fourth-order valence-corrected chi connectivity index (χ4v) is 2.65. The third kappa shape index (κ3) is 2.35. The Bertz CT molecular complexity index is 275. The van der Waals surface area contributed by atoms with E-state index in [9.17, 15) is 5.11 Å². The molecule has 78 valence electrons. The smallest absolute Gasteiger partial charge is 0.0712 e. The first-order valence-corrected chi connectivity index (χ1v) is 6.04. The van der Waals surface area contributed by atoms with Gasteiger partial charge < -0.3 is 10.0 Å². The summed E-state index contributed by atoms with van der Waals surface area (Å²) in [6.45, 7) is 2.03. The zero-order chi connectivity index (χ0) is 10.0. The highest BCUT2D eigenvalue weighted by atomic mass is 32.1. The molecular weight excluding hydrogens is 194 g/mol. The summed E-state index contributed by atoms with van der Waals surface area (Å²) in [6, 6.07) is 2.11. The molecule has 1 aliphatic rings. The second kappa shape index (κ2) is 4.01. The van der Waals surface area contributed by atoms with Crippen molar-refractivity contribution in [2.24, 2.45) is 0 Å². The minimum atomic E-state index is -0.451. The van der Waals surface area contributed by atoms with E-state index >= 15 is 0 Å². The fraction of sp³-hybridized carbons (Fsp3) is 0.636. The van der Waals surface area contributed by atoms with E-state index in [0.717, 1.165) is 32.4 Å². The van der Waals surface area contributed by atoms with Crippen LogP contribution in [-0.2, 0) is 6.42 Å². The summed E-state index contributed by atoms with van der Waals surface area (Å²) in [5.41, 5.74) is 0.829. The van der Waals surface area contributed by atoms with Gasteiger partial charge in [-0.05, 0) is 42.3 Å². The van der Waals surface area contributed by atoms with Gasteiger partial charge in [0.15, 0.2) is 0 Å². The molecule has 0 atom stereocenters. The van der Waals surface area contributed by atoms with Crippen LogP contribution in [0.4, 0.5) is 0 Å². The van der Waals surface area contributed by atoms with Crippen molar-refractivity contribution < 1.29 is 5.11 Å². The van der Waals surface area contributed by atoms with E-state index < -0.39 is 5.60 Å². The number of likely N-dealkylation sites (tertiary alicyclic amines) is 1. The largest absolute Gasteiger partial charge is 0.389 e. The zero-order valence-corrected chi connectivity index (χ0v) is 9.39. The molecule has 0 unspecified atom stereocenters. The Morgan fingerprint density at radius 1 is 1.50 bits per heavy atom. The number of hydrogen-bond acceptors (Lipinski definition) is 3. The van der Waals surface area contributed by atoms with Crippen molar-refractivity contribution in [2.75, 3.05) is 20.1 Å². The summed E-state index contributed by atoms with van der Waals surface area (Å²) in [6.07, 6.45) is 2.63. The molecule has 0 bridgehead atoms. The van der Waals surface area contributed by atoms with Crippen molar-refractivity contribution in [3.8, 4) is 0 Å². The van der Waals surface area contributed by atoms with Gasteiger partial charge in [-0.2, -0.15) is 11.3 Å². The van der Waals surface area contributed by atoms with Gasteiger partial charge in [-0.15, -0.1) is 0 Å². The standard InChI is InChI=1S/C11H17NOS/c1-12-5-3-11(13,4-6-12)8-10-2-7-14-9-10/h2,7,9,13H,3-6,8H2,1H3. The maximum Gasteiger partial charge on any atom is 0.0712 e. The molecule has 1 saturated heterocycles. The molecule has 1 aromatic rings. The Morgan fingerprint density at radius 3 is 2.79 bits per heavy atom. The number of thiophene rings is 1. The monoisotopic (exact) mass is 211 g/mol. The van der Waals surface area contributed by atoms with E-state index in [1.807, 2.05) is 0 Å². The number of hydrogen-bond donors (Lipinski definition) is 1. The van der Waals surface area contributed by atoms with Crippen LogP contribution < -0.4 is 0 Å². The van der Waals surface area contributed by atoms with Crippen molar-refractivity contribution in [3.63, 3.8) is 0 Å². The highest BCUT2D eigenvalue weighted by molar-refractivity contribution is 7.07. The molecule has 2 rings (SSSR count). The summed E-state index contributed by atoms with van der Waals surface area (Å²) in [5, 5.41) is 14.6. The van der Waals surface area contributed by atoms with Crippen LogP contribution in [0.25, 0.3) is 0 Å². The van der Waals surface area contributed by atoms with Gasteiger partial charge in [0.05, 0.1) is 5.60 Å². The Morgan fingerprint density at radius 2 is 2.21 bits per heavy atom. The van der Waals surface area contributed by atoms with E-state index in [-0.39, 0.29) is 0 Å². The van der Waals surface area contributed by atoms with Gasteiger partial charge in [0, 0.05) is 19.5 Å². The molecule has 2 nitrogen and oxygen atoms in total. The van der Waals surface area contributed by atoms with Crippen LogP contribution in [0.5, 0.6) is 0 Å². The third-order valence-electron chi connectivity index (χ3n) is 3.03. The highest BCUT2D eigenvalue weighted by Gasteiger charge is 2.31. The highest BCUT2D eigenvalue weighted by Crippen LogP contribution is 2.26. The van der Waals surface area contributed by atoms with Gasteiger partial charge in [0.25, 0.3) is 0 Å². The fourth-order valence-electron chi connectivity index (χ4n) is 1.98. The zero-order valence-electron chi connectivity index (χ0n) is 8.57. The maximum atomic E-state index is 10.3. The van der Waals surface area contributed by atoms with Crippen molar-refractivity contribution in [1.29, 1.82) is 0 Å². The van der Waals surface area contributed by atoms with Gasteiger partial charge in [-0.3, -0.25) is 0 Å². The molecule has 0 radical (unpaired) electrons. The quantitative estimate of drug-likeness (QED) is 0.805. The number of nitrogens with zero attached hydrogens (tertiary/aromatic N) is 1. The summed E-state index contributed by atoms with van der Waals surface area (Å²) in [7, 11) is 2.12. The van der Waals surface area contributed by atoms with Crippen LogP contribution in [-0.4, -0.2) is 35.7 Å². The average Bonchev–Trinajstić information content (AvgIpc) is 2.63. The predicted molar refractivity (Wildman–Crippen MR) is 59.7 cm³/mol. The lowest BCUT2D eigenvalue weighted by molar-refractivity contribution is -0.0149. The second-order valence-corrected chi connectivity index (χ2v) is 5.12. The van der Waals surface area contributed by atoms with Crippen LogP contribution in [0.15, 0.2) is 16.8 Å². The van der Waals surface area contributed by atoms with Gasteiger partial charge in [-0.25, -0.2) is 0 Å². The van der Waals surface area contributed by atoms with Crippen molar-refractivity contribution in [2.45, 2.75) is 24.9 Å². The number of aliphatic hydroxyl groups is 1. The van der Waals surface area contributed by atoms with E-state index in [0.29, 0.717) is 0 Å². The molecule has 1 fully saturated rings. The molecule has 0 aromatic carbocycles. The van der Waals surface area contributed by atoms with Crippen LogP contribution in [0.3, 0.4) is 0 Å². The molecule has 0 spiro atoms. The Labute approximate surface area is 89.2 Å². The van der Waals surface area contributed by atoms with Crippen molar-refractivity contribution in [1.82, 2.24) is 4.90 Å². The molecule has 0 amide bonds. The Hall–Kier alpha value is -0.380. The molecule has 0 aliphatic carbocycles. The molecule has 1 aromatic heterocycles. The Balaban J connectivity index is 1.96. The van der Waals surface area contributed by atoms with Crippen LogP contribution in [0.2, 0.25) is 0 Å². The van der Waals surface area contributed by atoms with E-state index in [2.05, 4.69) is 28.8 Å². The summed E-state index contributed by atoms with van der Waals surface area (Å²) in [4.78, 5) is 2.28. The van der Waals surface area contributed by atoms with Crippen molar-refractivity contribution in [3.05, 3.63) is 22.4 Å². The first-order valence-electron chi connectivity index (χ1n) is 5.10. The lowest BCUT2D eigenvalue weighted by atomic mass is 9.86. The van der Waals surface area contributed by atoms with E-state index in [1.165, 1.54) is 5.56 Å². The second-order valence-electron chi connectivity index (χ2n) is 4.34. The normalized spacial score (nSPS) is 22.4. The molecule has 0 saturated carbocycles.